The van der Waals surface area contributed by atoms with Crippen LogP contribution in [0.5, 0.6) is 0 Å². The fraction of sp³-hybridized carbons (Fsp3) is 0.667. The first-order chi connectivity index (χ1) is 10.7. The van der Waals surface area contributed by atoms with E-state index in [2.05, 4.69) is 15.6 Å². The standard InChI is InChI=1S/C15H22ClN3O2S/c1-2-17-15(19-10-7-9-3-4-12(10)21-9)18-8-11(20)13-5-6-14(16)22-13/h5-6,9-12,20H,2-4,7-8H2,1H3,(H2,17,18,19). The van der Waals surface area contributed by atoms with Crippen molar-refractivity contribution in [3.8, 4) is 0 Å². The van der Waals surface area contributed by atoms with Gasteiger partial charge in [0.25, 0.3) is 0 Å². The summed E-state index contributed by atoms with van der Waals surface area (Å²) in [5, 5.41) is 16.9. The molecular formula is C15H22ClN3O2S. The van der Waals surface area contributed by atoms with Gasteiger partial charge in [-0.15, -0.1) is 11.3 Å². The minimum atomic E-state index is -0.621. The highest BCUT2D eigenvalue weighted by Crippen LogP contribution is 2.34. The number of fused-ring (bicyclic) bond motifs is 2. The van der Waals surface area contributed by atoms with E-state index in [1.54, 1.807) is 6.07 Å². The van der Waals surface area contributed by atoms with Crippen molar-refractivity contribution >= 4 is 28.9 Å². The van der Waals surface area contributed by atoms with Crippen molar-refractivity contribution in [2.24, 2.45) is 4.99 Å². The topological polar surface area (TPSA) is 65.9 Å². The number of aliphatic imine (C=N–C) groups is 1. The lowest BCUT2D eigenvalue weighted by molar-refractivity contribution is 0.0992. The largest absolute Gasteiger partial charge is 0.386 e. The average molecular weight is 344 g/mol. The molecule has 0 radical (unpaired) electrons. The minimum Gasteiger partial charge on any atom is -0.386 e. The fourth-order valence-corrected chi connectivity index (χ4v) is 4.10. The quantitative estimate of drug-likeness (QED) is 0.567. The van der Waals surface area contributed by atoms with Crippen molar-refractivity contribution in [3.63, 3.8) is 0 Å². The zero-order valence-corrected chi connectivity index (χ0v) is 14.2. The Morgan fingerprint density at radius 1 is 1.55 bits per heavy atom. The molecule has 2 fully saturated rings. The van der Waals surface area contributed by atoms with Crippen LogP contribution in [0.1, 0.15) is 37.2 Å². The molecule has 2 aliphatic rings. The summed E-state index contributed by atoms with van der Waals surface area (Å²) in [7, 11) is 0. The van der Waals surface area contributed by atoms with E-state index in [0.29, 0.717) is 29.1 Å². The van der Waals surface area contributed by atoms with Crippen LogP contribution in [0.15, 0.2) is 17.1 Å². The molecule has 4 unspecified atom stereocenters. The monoisotopic (exact) mass is 343 g/mol. The lowest BCUT2D eigenvalue weighted by atomic mass is 9.96. The Hall–Kier alpha value is -0.820. The number of halogens is 1. The van der Waals surface area contributed by atoms with Crippen LogP contribution < -0.4 is 10.6 Å². The zero-order valence-electron chi connectivity index (χ0n) is 12.6. The first-order valence-electron chi connectivity index (χ1n) is 7.79. The first kappa shape index (κ1) is 16.1. The molecular weight excluding hydrogens is 322 g/mol. The molecule has 2 aliphatic heterocycles. The van der Waals surface area contributed by atoms with Crippen molar-refractivity contribution < 1.29 is 9.84 Å². The van der Waals surface area contributed by atoms with Crippen molar-refractivity contribution in [3.05, 3.63) is 21.3 Å². The van der Waals surface area contributed by atoms with E-state index in [0.717, 1.165) is 30.2 Å². The second-order valence-electron chi connectivity index (χ2n) is 5.74. The lowest BCUT2D eigenvalue weighted by Crippen LogP contribution is -2.47. The number of nitrogens with one attached hydrogen (secondary N) is 2. The smallest absolute Gasteiger partial charge is 0.191 e. The third-order valence-electron chi connectivity index (χ3n) is 4.12. The van der Waals surface area contributed by atoms with E-state index in [9.17, 15) is 5.11 Å². The van der Waals surface area contributed by atoms with Gasteiger partial charge in [-0.05, 0) is 38.3 Å². The fourth-order valence-electron chi connectivity index (χ4n) is 3.06. The van der Waals surface area contributed by atoms with E-state index >= 15 is 0 Å². The lowest BCUT2D eigenvalue weighted by Gasteiger charge is -2.22. The van der Waals surface area contributed by atoms with E-state index in [4.69, 9.17) is 16.3 Å². The third kappa shape index (κ3) is 3.74. The predicted molar refractivity (Wildman–Crippen MR) is 89.7 cm³/mol. The van der Waals surface area contributed by atoms with Gasteiger partial charge in [0.15, 0.2) is 5.96 Å². The van der Waals surface area contributed by atoms with Crippen LogP contribution in [0.4, 0.5) is 0 Å². The van der Waals surface area contributed by atoms with Crippen molar-refractivity contribution in [2.75, 3.05) is 13.1 Å². The SMILES string of the molecule is CCNC(=NCC(O)c1ccc(Cl)s1)NC1CC2CCC1O2. The van der Waals surface area contributed by atoms with Gasteiger partial charge in [0.2, 0.25) is 0 Å². The molecule has 0 spiro atoms. The number of hydrogen-bond acceptors (Lipinski definition) is 4. The Morgan fingerprint density at radius 3 is 3.00 bits per heavy atom. The van der Waals surface area contributed by atoms with E-state index < -0.39 is 6.10 Å². The molecule has 0 amide bonds. The number of thiophene rings is 1. The molecule has 1 aromatic rings. The Kier molecular flexibility index (Phi) is 5.23. The maximum absolute atomic E-state index is 10.2. The number of nitrogens with zero attached hydrogens (tertiary/aromatic N) is 1. The third-order valence-corrected chi connectivity index (χ3v) is 5.45. The summed E-state index contributed by atoms with van der Waals surface area (Å²) < 4.78 is 6.54. The van der Waals surface area contributed by atoms with E-state index in [1.165, 1.54) is 17.8 Å². The van der Waals surface area contributed by atoms with Gasteiger partial charge < -0.3 is 20.5 Å². The minimum absolute atomic E-state index is 0.301. The summed E-state index contributed by atoms with van der Waals surface area (Å²) in [6, 6.07) is 3.96. The number of ether oxygens (including phenoxy) is 1. The molecule has 2 saturated heterocycles. The van der Waals surface area contributed by atoms with Crippen molar-refractivity contribution in [1.29, 1.82) is 0 Å². The highest BCUT2D eigenvalue weighted by Gasteiger charge is 2.41. The summed E-state index contributed by atoms with van der Waals surface area (Å²) in [4.78, 5) is 5.34. The summed E-state index contributed by atoms with van der Waals surface area (Å²) >= 11 is 7.29. The summed E-state index contributed by atoms with van der Waals surface area (Å²) in [5.41, 5.74) is 0. The molecule has 3 rings (SSSR count). The maximum atomic E-state index is 10.2. The van der Waals surface area contributed by atoms with Crippen LogP contribution in [-0.4, -0.2) is 42.4 Å². The van der Waals surface area contributed by atoms with Crippen molar-refractivity contribution in [2.45, 2.75) is 50.5 Å². The number of rotatable bonds is 5. The number of hydrogen-bond donors (Lipinski definition) is 3. The molecule has 22 heavy (non-hydrogen) atoms. The molecule has 2 bridgehead atoms. The zero-order chi connectivity index (χ0) is 15.5. The van der Waals surface area contributed by atoms with Gasteiger partial charge in [-0.1, -0.05) is 11.6 Å². The molecule has 4 atom stereocenters. The van der Waals surface area contributed by atoms with Gasteiger partial charge in [-0.25, -0.2) is 0 Å². The molecule has 3 N–H and O–H groups in total. The Morgan fingerprint density at radius 2 is 2.41 bits per heavy atom. The molecule has 5 nitrogen and oxygen atoms in total. The van der Waals surface area contributed by atoms with Gasteiger partial charge >= 0.3 is 0 Å². The molecule has 0 aliphatic carbocycles. The first-order valence-corrected chi connectivity index (χ1v) is 8.98. The Bertz CT molecular complexity index is 537. The molecule has 7 heteroatoms. The average Bonchev–Trinajstić information content (AvgIpc) is 3.21. The predicted octanol–water partition coefficient (Wildman–Crippen LogP) is 2.31. The van der Waals surface area contributed by atoms with Gasteiger partial charge in [-0.3, -0.25) is 4.99 Å². The van der Waals surface area contributed by atoms with Crippen LogP contribution in [0.3, 0.4) is 0 Å². The van der Waals surface area contributed by atoms with Crippen LogP contribution in [0, 0.1) is 0 Å². The van der Waals surface area contributed by atoms with Crippen LogP contribution in [0.25, 0.3) is 0 Å². The summed E-state index contributed by atoms with van der Waals surface area (Å²) in [6.45, 7) is 3.13. The number of guanidine groups is 1. The summed E-state index contributed by atoms with van der Waals surface area (Å²) in [5.74, 6) is 0.741. The number of aliphatic hydroxyl groups excluding tert-OH is 1. The molecule has 3 heterocycles. The van der Waals surface area contributed by atoms with Gasteiger partial charge in [0, 0.05) is 11.4 Å². The van der Waals surface area contributed by atoms with Gasteiger partial charge in [-0.2, -0.15) is 0 Å². The van der Waals surface area contributed by atoms with Crippen LogP contribution in [-0.2, 0) is 4.74 Å². The number of aliphatic hydroxyl groups is 1. The Balaban J connectivity index is 1.58. The van der Waals surface area contributed by atoms with Crippen LogP contribution >= 0.6 is 22.9 Å². The molecule has 0 saturated carbocycles. The maximum Gasteiger partial charge on any atom is 0.191 e. The highest BCUT2D eigenvalue weighted by molar-refractivity contribution is 7.16. The second kappa shape index (κ2) is 7.17. The normalized spacial score (nSPS) is 28.9. The molecule has 1 aromatic heterocycles. The Labute approximate surface area is 139 Å². The molecule has 0 aromatic carbocycles. The van der Waals surface area contributed by atoms with E-state index in [-0.39, 0.29) is 0 Å². The molecule has 122 valence electrons. The van der Waals surface area contributed by atoms with Gasteiger partial charge in [0.05, 0.1) is 29.1 Å². The van der Waals surface area contributed by atoms with E-state index in [1.807, 2.05) is 13.0 Å². The van der Waals surface area contributed by atoms with Crippen molar-refractivity contribution in [1.82, 2.24) is 10.6 Å². The van der Waals surface area contributed by atoms with Crippen LogP contribution in [0.2, 0.25) is 4.34 Å². The van der Waals surface area contributed by atoms with Gasteiger partial charge in [0.1, 0.15) is 6.10 Å². The second-order valence-corrected chi connectivity index (χ2v) is 7.48. The summed E-state index contributed by atoms with van der Waals surface area (Å²) in [6.07, 6.45) is 3.42. The highest BCUT2D eigenvalue weighted by atomic mass is 35.5.